The number of nitrogens with one attached hydrogen (secondary N) is 1. The van der Waals surface area contributed by atoms with Crippen LogP contribution in [0.5, 0.6) is 0 Å². The molecule has 108 valence electrons. The minimum atomic E-state index is -3.42. The number of hydrogen-bond acceptors (Lipinski definition) is 3. The van der Waals surface area contributed by atoms with Crippen molar-refractivity contribution in [2.24, 2.45) is 17.8 Å². The molecule has 2 atom stereocenters. The van der Waals surface area contributed by atoms with Gasteiger partial charge in [-0.1, -0.05) is 0 Å². The second kappa shape index (κ2) is 4.55. The maximum absolute atomic E-state index is 13.7. The van der Waals surface area contributed by atoms with Crippen molar-refractivity contribution in [1.82, 2.24) is 0 Å². The Morgan fingerprint density at radius 1 is 1.25 bits per heavy atom. The van der Waals surface area contributed by atoms with Gasteiger partial charge in [0, 0.05) is 12.2 Å². The normalized spacial score (nSPS) is 28.0. The Kier molecular flexibility index (Phi) is 3.08. The summed E-state index contributed by atoms with van der Waals surface area (Å²) in [6.45, 7) is 0. The summed E-state index contributed by atoms with van der Waals surface area (Å²) in [5.74, 6) is 0.437. The van der Waals surface area contributed by atoms with Gasteiger partial charge < -0.3 is 5.32 Å². The predicted molar refractivity (Wildman–Crippen MR) is 72.5 cm³/mol. The van der Waals surface area contributed by atoms with Crippen LogP contribution in [0.1, 0.15) is 19.3 Å². The smallest absolute Gasteiger partial charge is 0.227 e. The monoisotopic (exact) mass is 297 g/mol. The zero-order valence-corrected chi connectivity index (χ0v) is 11.9. The Labute approximate surface area is 117 Å². The number of benzene rings is 1. The zero-order chi connectivity index (χ0) is 14.5. The van der Waals surface area contributed by atoms with E-state index in [1.165, 1.54) is 18.6 Å². The summed E-state index contributed by atoms with van der Waals surface area (Å²) in [6.07, 6.45) is 3.99. The minimum Gasteiger partial charge on any atom is -0.323 e. The molecule has 20 heavy (non-hydrogen) atoms. The van der Waals surface area contributed by atoms with Crippen molar-refractivity contribution >= 4 is 21.4 Å². The molecule has 1 N–H and O–H groups in total. The van der Waals surface area contributed by atoms with E-state index in [2.05, 4.69) is 5.32 Å². The first-order valence-corrected chi connectivity index (χ1v) is 8.54. The van der Waals surface area contributed by atoms with Crippen molar-refractivity contribution in [1.29, 1.82) is 0 Å². The van der Waals surface area contributed by atoms with Crippen molar-refractivity contribution in [2.45, 2.75) is 24.2 Å². The molecule has 0 heterocycles. The Morgan fingerprint density at radius 2 is 1.90 bits per heavy atom. The van der Waals surface area contributed by atoms with Crippen LogP contribution in [0.4, 0.5) is 10.1 Å². The highest BCUT2D eigenvalue weighted by atomic mass is 32.2. The zero-order valence-electron chi connectivity index (χ0n) is 11.1. The van der Waals surface area contributed by atoms with E-state index < -0.39 is 15.7 Å². The quantitative estimate of drug-likeness (QED) is 0.870. The van der Waals surface area contributed by atoms with Crippen molar-refractivity contribution in [3.05, 3.63) is 24.0 Å². The van der Waals surface area contributed by atoms with E-state index >= 15 is 0 Å². The third kappa shape index (κ3) is 2.57. The largest absolute Gasteiger partial charge is 0.323 e. The predicted octanol–water partition coefficient (Wildman–Crippen LogP) is 2.21. The van der Waals surface area contributed by atoms with E-state index in [1.807, 2.05) is 0 Å². The van der Waals surface area contributed by atoms with Crippen LogP contribution in [-0.2, 0) is 14.6 Å². The number of rotatable bonds is 3. The summed E-state index contributed by atoms with van der Waals surface area (Å²) in [5.41, 5.74) is -0.0569. The third-order valence-corrected chi connectivity index (χ3v) is 5.35. The van der Waals surface area contributed by atoms with E-state index in [4.69, 9.17) is 0 Å². The average Bonchev–Trinajstić information content (AvgIpc) is 2.97. The van der Waals surface area contributed by atoms with E-state index in [9.17, 15) is 17.6 Å². The lowest BCUT2D eigenvalue weighted by atomic mass is 10.0. The maximum atomic E-state index is 13.7. The van der Waals surface area contributed by atoms with Gasteiger partial charge in [-0.2, -0.15) is 0 Å². The molecule has 2 aliphatic carbocycles. The molecule has 2 saturated carbocycles. The fourth-order valence-corrected chi connectivity index (χ4v) is 3.64. The first-order chi connectivity index (χ1) is 9.34. The highest BCUT2D eigenvalue weighted by molar-refractivity contribution is 7.90. The second-order valence-electron chi connectivity index (χ2n) is 5.83. The van der Waals surface area contributed by atoms with Crippen molar-refractivity contribution < 1.29 is 17.6 Å². The standard InChI is InChI=1S/C14H16FNO3S/c1-20(18,19)11-2-3-12(15)13(7-11)16-14(17)10-5-8-4-9(8)6-10/h2-3,7-10H,4-6H2,1H3,(H,16,17). The molecule has 0 aromatic heterocycles. The number of carbonyl (C=O) groups excluding carboxylic acids is 1. The van der Waals surface area contributed by atoms with Gasteiger partial charge in [-0.15, -0.1) is 0 Å². The van der Waals surface area contributed by atoms with Crippen LogP contribution < -0.4 is 5.32 Å². The molecule has 1 aromatic carbocycles. The molecular formula is C14H16FNO3S. The molecule has 0 bridgehead atoms. The van der Waals surface area contributed by atoms with Gasteiger partial charge >= 0.3 is 0 Å². The Hall–Kier alpha value is -1.43. The summed E-state index contributed by atoms with van der Waals surface area (Å²) >= 11 is 0. The molecule has 1 aromatic rings. The minimum absolute atomic E-state index is 0.00321. The van der Waals surface area contributed by atoms with Gasteiger partial charge in [0.2, 0.25) is 5.91 Å². The summed E-state index contributed by atoms with van der Waals surface area (Å²) in [5, 5.41) is 2.53. The molecule has 0 radical (unpaired) electrons. The molecule has 1 amide bonds. The first-order valence-electron chi connectivity index (χ1n) is 6.65. The molecule has 0 aliphatic heterocycles. The fourth-order valence-electron chi connectivity index (χ4n) is 2.99. The number of fused-ring (bicyclic) bond motifs is 1. The fraction of sp³-hybridized carbons (Fsp3) is 0.500. The lowest BCUT2D eigenvalue weighted by molar-refractivity contribution is -0.120. The second-order valence-corrected chi connectivity index (χ2v) is 7.84. The Balaban J connectivity index is 1.77. The van der Waals surface area contributed by atoms with Gasteiger partial charge in [0.05, 0.1) is 10.6 Å². The first kappa shape index (κ1) is 13.5. The maximum Gasteiger partial charge on any atom is 0.227 e. The average molecular weight is 297 g/mol. The summed E-state index contributed by atoms with van der Waals surface area (Å²) in [6, 6.07) is 3.45. The SMILES string of the molecule is CS(=O)(=O)c1ccc(F)c(NC(=O)C2CC3CC3C2)c1. The van der Waals surface area contributed by atoms with Crippen LogP contribution in [0.2, 0.25) is 0 Å². The number of carbonyl (C=O) groups is 1. The molecule has 2 fully saturated rings. The molecule has 2 aliphatic rings. The molecule has 4 nitrogen and oxygen atoms in total. The van der Waals surface area contributed by atoms with Gasteiger partial charge in [-0.25, -0.2) is 12.8 Å². The van der Waals surface area contributed by atoms with Gasteiger partial charge in [0.15, 0.2) is 9.84 Å². The van der Waals surface area contributed by atoms with Crippen LogP contribution in [-0.4, -0.2) is 20.6 Å². The van der Waals surface area contributed by atoms with Crippen LogP contribution in [0, 0.1) is 23.6 Å². The Bertz CT molecular complexity index is 661. The molecule has 3 rings (SSSR count). The number of halogens is 1. The topological polar surface area (TPSA) is 63.2 Å². The Morgan fingerprint density at radius 3 is 2.50 bits per heavy atom. The van der Waals surface area contributed by atoms with Crippen LogP contribution in [0.25, 0.3) is 0 Å². The summed E-state index contributed by atoms with van der Waals surface area (Å²) in [7, 11) is -3.42. The van der Waals surface area contributed by atoms with Crippen LogP contribution >= 0.6 is 0 Å². The molecule has 6 heteroatoms. The highest BCUT2D eigenvalue weighted by Crippen LogP contribution is 2.54. The molecule has 0 saturated heterocycles. The third-order valence-electron chi connectivity index (χ3n) is 4.24. The van der Waals surface area contributed by atoms with E-state index in [0.717, 1.165) is 25.2 Å². The van der Waals surface area contributed by atoms with Crippen molar-refractivity contribution in [3.63, 3.8) is 0 Å². The summed E-state index contributed by atoms with van der Waals surface area (Å²) < 4.78 is 36.6. The van der Waals surface area contributed by atoms with Crippen molar-refractivity contribution in [2.75, 3.05) is 11.6 Å². The number of amides is 1. The molecule has 2 unspecified atom stereocenters. The number of anilines is 1. The number of hydrogen-bond donors (Lipinski definition) is 1. The summed E-state index contributed by atoms with van der Waals surface area (Å²) in [4.78, 5) is 12.1. The van der Waals surface area contributed by atoms with E-state index in [1.54, 1.807) is 0 Å². The van der Waals surface area contributed by atoms with Gasteiger partial charge in [-0.3, -0.25) is 4.79 Å². The van der Waals surface area contributed by atoms with E-state index in [-0.39, 0.29) is 22.4 Å². The van der Waals surface area contributed by atoms with Crippen molar-refractivity contribution in [3.8, 4) is 0 Å². The molecule has 0 spiro atoms. The van der Waals surface area contributed by atoms with Crippen LogP contribution in [0.15, 0.2) is 23.1 Å². The lowest BCUT2D eigenvalue weighted by Gasteiger charge is -2.13. The van der Waals surface area contributed by atoms with Crippen LogP contribution in [0.3, 0.4) is 0 Å². The highest BCUT2D eigenvalue weighted by Gasteiger charge is 2.48. The van der Waals surface area contributed by atoms with E-state index in [0.29, 0.717) is 11.8 Å². The van der Waals surface area contributed by atoms with Gasteiger partial charge in [0.25, 0.3) is 0 Å². The van der Waals surface area contributed by atoms with Gasteiger partial charge in [0.1, 0.15) is 5.82 Å². The molecular weight excluding hydrogens is 281 g/mol. The van der Waals surface area contributed by atoms with Gasteiger partial charge in [-0.05, 0) is 49.3 Å². The lowest BCUT2D eigenvalue weighted by Crippen LogP contribution is -2.22. The number of sulfone groups is 1.